The third-order valence-corrected chi connectivity index (χ3v) is 5.69. The summed E-state index contributed by atoms with van der Waals surface area (Å²) >= 11 is 0. The molecule has 2 aromatic rings. The van der Waals surface area contributed by atoms with Gasteiger partial charge in [-0.15, -0.1) is 0 Å². The molecule has 2 aromatic carbocycles. The van der Waals surface area contributed by atoms with E-state index in [1.807, 2.05) is 24.3 Å². The van der Waals surface area contributed by atoms with Crippen molar-refractivity contribution in [3.05, 3.63) is 65.2 Å². The molecule has 0 spiro atoms. The monoisotopic (exact) mass is 320 g/mol. The van der Waals surface area contributed by atoms with Gasteiger partial charge in [0.1, 0.15) is 11.5 Å². The minimum absolute atomic E-state index is 0.303. The Hall–Kier alpha value is -2.22. The predicted octanol–water partition coefficient (Wildman–Crippen LogP) is 5.50. The average Bonchev–Trinajstić information content (AvgIpc) is 2.58. The van der Waals surface area contributed by atoms with Gasteiger partial charge in [-0.2, -0.15) is 0 Å². The number of hydrogen-bond donors (Lipinski definition) is 2. The van der Waals surface area contributed by atoms with Crippen molar-refractivity contribution < 1.29 is 10.2 Å². The first-order chi connectivity index (χ1) is 11.7. The van der Waals surface area contributed by atoms with E-state index in [1.165, 1.54) is 55.2 Å². The number of rotatable bonds is 2. The molecule has 0 unspecified atom stereocenters. The van der Waals surface area contributed by atoms with Gasteiger partial charge >= 0.3 is 0 Å². The highest BCUT2D eigenvalue weighted by Crippen LogP contribution is 2.48. The Morgan fingerprint density at radius 3 is 1.38 bits per heavy atom. The van der Waals surface area contributed by atoms with Crippen LogP contribution in [0.1, 0.15) is 49.7 Å². The van der Waals surface area contributed by atoms with E-state index in [2.05, 4.69) is 0 Å². The molecule has 0 atom stereocenters. The summed E-state index contributed by atoms with van der Waals surface area (Å²) in [7, 11) is 0. The molecule has 124 valence electrons. The maximum Gasteiger partial charge on any atom is 0.115 e. The van der Waals surface area contributed by atoms with Crippen LogP contribution < -0.4 is 0 Å². The summed E-state index contributed by atoms with van der Waals surface area (Å²) in [6, 6.07) is 15.2. The molecule has 0 aliphatic heterocycles. The van der Waals surface area contributed by atoms with Crippen LogP contribution in [0.2, 0.25) is 0 Å². The maximum atomic E-state index is 9.67. The third kappa shape index (κ3) is 2.82. The van der Waals surface area contributed by atoms with Crippen molar-refractivity contribution in [1.29, 1.82) is 0 Å². The van der Waals surface area contributed by atoms with Gasteiger partial charge < -0.3 is 10.2 Å². The van der Waals surface area contributed by atoms with E-state index < -0.39 is 0 Å². The lowest BCUT2D eigenvalue weighted by Gasteiger charge is -2.39. The van der Waals surface area contributed by atoms with Crippen molar-refractivity contribution >= 4 is 5.57 Å². The second kappa shape index (κ2) is 6.35. The first-order valence-corrected chi connectivity index (χ1v) is 9.05. The van der Waals surface area contributed by atoms with Gasteiger partial charge in [0, 0.05) is 0 Å². The van der Waals surface area contributed by atoms with E-state index in [0.717, 1.165) is 0 Å². The second-order valence-electron chi connectivity index (χ2n) is 7.18. The fourth-order valence-electron chi connectivity index (χ4n) is 4.63. The number of phenolic OH excluding ortho intramolecular Hbond substituents is 2. The smallest absolute Gasteiger partial charge is 0.115 e. The topological polar surface area (TPSA) is 40.5 Å². The maximum absolute atomic E-state index is 9.67. The number of hydrogen-bond acceptors (Lipinski definition) is 2. The van der Waals surface area contributed by atoms with Crippen LogP contribution >= 0.6 is 0 Å². The van der Waals surface area contributed by atoms with E-state index in [4.69, 9.17) is 0 Å². The zero-order valence-electron chi connectivity index (χ0n) is 13.9. The number of phenols is 2. The Morgan fingerprint density at radius 1 is 0.625 bits per heavy atom. The Kier molecular flexibility index (Phi) is 4.05. The van der Waals surface area contributed by atoms with Gasteiger partial charge in [-0.05, 0) is 78.5 Å². The summed E-state index contributed by atoms with van der Waals surface area (Å²) in [5.41, 5.74) is 5.29. The van der Waals surface area contributed by atoms with Crippen molar-refractivity contribution in [3.63, 3.8) is 0 Å². The van der Waals surface area contributed by atoms with Crippen molar-refractivity contribution in [2.75, 3.05) is 0 Å². The Bertz CT molecular complexity index is 669. The minimum atomic E-state index is 0.303. The van der Waals surface area contributed by atoms with Crippen LogP contribution in [0, 0.1) is 11.8 Å². The largest absolute Gasteiger partial charge is 0.508 e. The fourth-order valence-corrected chi connectivity index (χ4v) is 4.63. The van der Waals surface area contributed by atoms with E-state index in [9.17, 15) is 10.2 Å². The summed E-state index contributed by atoms with van der Waals surface area (Å²) in [6.45, 7) is 0. The number of allylic oxidation sites excluding steroid dienone is 1. The van der Waals surface area contributed by atoms with Gasteiger partial charge in [-0.3, -0.25) is 0 Å². The normalized spacial score (nSPS) is 23.1. The Labute approximate surface area is 143 Å². The summed E-state index contributed by atoms with van der Waals surface area (Å²) in [4.78, 5) is 0. The molecule has 2 N–H and O–H groups in total. The van der Waals surface area contributed by atoms with Crippen LogP contribution in [-0.2, 0) is 0 Å². The van der Waals surface area contributed by atoms with Gasteiger partial charge in [0.25, 0.3) is 0 Å². The van der Waals surface area contributed by atoms with Crippen LogP contribution in [0.25, 0.3) is 5.57 Å². The van der Waals surface area contributed by atoms with Crippen molar-refractivity contribution in [2.24, 2.45) is 11.8 Å². The lowest BCUT2D eigenvalue weighted by atomic mass is 9.65. The molecule has 2 saturated carbocycles. The van der Waals surface area contributed by atoms with Gasteiger partial charge in [0.2, 0.25) is 0 Å². The molecule has 0 amide bonds. The number of benzene rings is 2. The third-order valence-electron chi connectivity index (χ3n) is 5.69. The zero-order valence-corrected chi connectivity index (χ0v) is 13.9. The van der Waals surface area contributed by atoms with Gasteiger partial charge in [0.15, 0.2) is 0 Å². The summed E-state index contributed by atoms with van der Waals surface area (Å²) in [6.07, 6.45) is 7.88. The van der Waals surface area contributed by atoms with Crippen LogP contribution in [0.3, 0.4) is 0 Å². The molecule has 2 aliphatic rings. The van der Waals surface area contributed by atoms with Crippen LogP contribution in [0.4, 0.5) is 0 Å². The molecule has 2 fully saturated rings. The molecular formula is C22H24O2. The highest BCUT2D eigenvalue weighted by molar-refractivity contribution is 5.83. The molecular weight excluding hydrogens is 296 g/mol. The van der Waals surface area contributed by atoms with E-state index in [0.29, 0.717) is 23.3 Å². The first kappa shape index (κ1) is 15.3. The zero-order chi connectivity index (χ0) is 16.5. The highest BCUT2D eigenvalue weighted by atomic mass is 16.3. The Balaban J connectivity index is 1.91. The van der Waals surface area contributed by atoms with Crippen LogP contribution in [0.5, 0.6) is 11.5 Å². The van der Waals surface area contributed by atoms with Gasteiger partial charge in [-0.1, -0.05) is 42.7 Å². The highest BCUT2D eigenvalue weighted by Gasteiger charge is 2.33. The lowest BCUT2D eigenvalue weighted by molar-refractivity contribution is 0.279. The molecule has 24 heavy (non-hydrogen) atoms. The molecule has 2 bridgehead atoms. The van der Waals surface area contributed by atoms with Crippen molar-refractivity contribution in [3.8, 4) is 11.5 Å². The fraction of sp³-hybridized carbons (Fsp3) is 0.364. The molecule has 0 heterocycles. The van der Waals surface area contributed by atoms with E-state index >= 15 is 0 Å². The molecule has 2 nitrogen and oxygen atoms in total. The number of fused-ring (bicyclic) bond motifs is 2. The molecule has 0 radical (unpaired) electrons. The van der Waals surface area contributed by atoms with E-state index in [1.54, 1.807) is 29.8 Å². The number of aromatic hydroxyl groups is 2. The van der Waals surface area contributed by atoms with Gasteiger partial charge in [0.05, 0.1) is 0 Å². The van der Waals surface area contributed by atoms with Crippen LogP contribution in [-0.4, -0.2) is 10.2 Å². The van der Waals surface area contributed by atoms with Crippen LogP contribution in [0.15, 0.2) is 54.1 Å². The average molecular weight is 320 g/mol. The summed E-state index contributed by atoms with van der Waals surface area (Å²) < 4.78 is 0. The minimum Gasteiger partial charge on any atom is -0.508 e. The molecule has 0 saturated heterocycles. The standard InChI is InChI=1S/C22H24O2/c23-19-11-7-17(8-12-19)22(18-9-13-20(24)14-10-18)21-15-3-1-4-16(21)6-2-5-15/h7-16,23-24H,1-6H2. The summed E-state index contributed by atoms with van der Waals surface area (Å²) in [5, 5.41) is 19.3. The van der Waals surface area contributed by atoms with Crippen molar-refractivity contribution in [2.45, 2.75) is 38.5 Å². The molecule has 0 aromatic heterocycles. The first-order valence-electron chi connectivity index (χ1n) is 9.05. The second-order valence-corrected chi connectivity index (χ2v) is 7.18. The Morgan fingerprint density at radius 2 is 1.00 bits per heavy atom. The quantitative estimate of drug-likeness (QED) is 0.767. The van der Waals surface area contributed by atoms with Gasteiger partial charge in [-0.25, -0.2) is 0 Å². The molecule has 2 heteroatoms. The molecule has 2 aliphatic carbocycles. The predicted molar refractivity (Wildman–Crippen MR) is 96.9 cm³/mol. The summed E-state index contributed by atoms with van der Waals surface area (Å²) in [5.74, 6) is 1.99. The SMILES string of the molecule is Oc1ccc(C(=C2C3CCCC2CCC3)c2ccc(O)cc2)cc1. The van der Waals surface area contributed by atoms with Crippen molar-refractivity contribution in [1.82, 2.24) is 0 Å². The van der Waals surface area contributed by atoms with E-state index in [-0.39, 0.29) is 0 Å². The molecule has 4 rings (SSSR count). The lowest BCUT2D eigenvalue weighted by Crippen LogP contribution is -2.25.